The largest absolute Gasteiger partial charge is 0.396 e. The highest BCUT2D eigenvalue weighted by Crippen LogP contribution is 2.20. The van der Waals surface area contributed by atoms with Crippen molar-refractivity contribution in [3.8, 4) is 5.13 Å². The average molecular weight is 334 g/mol. The van der Waals surface area contributed by atoms with Crippen molar-refractivity contribution in [3.63, 3.8) is 0 Å². The summed E-state index contributed by atoms with van der Waals surface area (Å²) < 4.78 is 2.18. The van der Waals surface area contributed by atoms with E-state index in [0.717, 1.165) is 37.7 Å². The molecule has 3 heterocycles. The van der Waals surface area contributed by atoms with Gasteiger partial charge in [-0.1, -0.05) is 0 Å². The van der Waals surface area contributed by atoms with Crippen LogP contribution in [0.4, 0.5) is 0 Å². The quantitative estimate of drug-likeness (QED) is 0.880. The van der Waals surface area contributed by atoms with E-state index >= 15 is 0 Å². The van der Waals surface area contributed by atoms with Crippen molar-refractivity contribution in [1.29, 1.82) is 0 Å². The van der Waals surface area contributed by atoms with Crippen molar-refractivity contribution < 1.29 is 5.11 Å². The first-order valence-electron chi connectivity index (χ1n) is 8.34. The van der Waals surface area contributed by atoms with Crippen LogP contribution in [0.25, 0.3) is 5.13 Å². The average Bonchev–Trinajstić information content (AvgIpc) is 3.18. The summed E-state index contributed by atoms with van der Waals surface area (Å²) in [4.78, 5) is 9.43. The van der Waals surface area contributed by atoms with Crippen LogP contribution in [-0.2, 0) is 6.54 Å². The molecule has 0 aromatic carbocycles. The molecule has 3 rings (SSSR count). The molecule has 0 amide bonds. The molecular formula is C17H26N4OS. The van der Waals surface area contributed by atoms with Crippen LogP contribution in [0.5, 0.6) is 0 Å². The van der Waals surface area contributed by atoms with E-state index in [4.69, 9.17) is 0 Å². The van der Waals surface area contributed by atoms with Gasteiger partial charge in [0.2, 0.25) is 0 Å². The zero-order chi connectivity index (χ0) is 16.2. The normalized spacial score (nSPS) is 20.4. The zero-order valence-corrected chi connectivity index (χ0v) is 14.7. The predicted molar refractivity (Wildman–Crippen MR) is 94.1 cm³/mol. The number of hydrogen-bond donors (Lipinski definition) is 1. The van der Waals surface area contributed by atoms with Crippen molar-refractivity contribution in [1.82, 2.24) is 19.4 Å². The molecule has 0 radical (unpaired) electrons. The molecule has 1 N–H and O–H groups in total. The molecule has 0 spiro atoms. The second-order valence-electron chi connectivity index (χ2n) is 6.42. The van der Waals surface area contributed by atoms with Crippen LogP contribution >= 0.6 is 11.3 Å². The van der Waals surface area contributed by atoms with E-state index in [1.807, 2.05) is 11.6 Å². The topological polar surface area (TPSA) is 44.5 Å². The number of aliphatic hydroxyl groups is 1. The van der Waals surface area contributed by atoms with Gasteiger partial charge in [-0.3, -0.25) is 14.4 Å². The van der Waals surface area contributed by atoms with Crippen molar-refractivity contribution >= 4 is 11.3 Å². The van der Waals surface area contributed by atoms with Gasteiger partial charge in [-0.2, -0.15) is 0 Å². The fourth-order valence-corrected chi connectivity index (χ4v) is 4.12. The minimum Gasteiger partial charge on any atom is -0.396 e. The molecule has 1 fully saturated rings. The van der Waals surface area contributed by atoms with Gasteiger partial charge < -0.3 is 5.11 Å². The van der Waals surface area contributed by atoms with Crippen LogP contribution in [0, 0.1) is 0 Å². The predicted octanol–water partition coefficient (Wildman–Crippen LogP) is 2.21. The molecule has 23 heavy (non-hydrogen) atoms. The Balaban J connectivity index is 1.68. The number of rotatable bonds is 6. The summed E-state index contributed by atoms with van der Waals surface area (Å²) in [5.41, 5.74) is 1.28. The molecule has 1 aliphatic heterocycles. The first-order valence-corrected chi connectivity index (χ1v) is 9.22. The lowest BCUT2D eigenvalue weighted by atomic mass is 10.1. The zero-order valence-electron chi connectivity index (χ0n) is 13.9. The summed E-state index contributed by atoms with van der Waals surface area (Å²) in [7, 11) is 0. The molecule has 0 unspecified atom stereocenters. The summed E-state index contributed by atoms with van der Waals surface area (Å²) in [6, 6.07) is 5.24. The minimum absolute atomic E-state index is 0.261. The third-order valence-electron chi connectivity index (χ3n) is 4.58. The SMILES string of the molecule is CC(C)N1CCN(Cc2cccn2-c2nccs2)C[C@@H]1CCO. The Morgan fingerprint density at radius 1 is 1.39 bits per heavy atom. The third kappa shape index (κ3) is 3.83. The maximum Gasteiger partial charge on any atom is 0.193 e. The number of nitrogens with zero attached hydrogens (tertiary/aromatic N) is 4. The molecule has 0 saturated carbocycles. The highest BCUT2D eigenvalue weighted by molar-refractivity contribution is 7.12. The highest BCUT2D eigenvalue weighted by atomic mass is 32.1. The first-order chi connectivity index (χ1) is 11.2. The summed E-state index contributed by atoms with van der Waals surface area (Å²) in [5, 5.41) is 12.4. The van der Waals surface area contributed by atoms with Gasteiger partial charge in [0, 0.05) is 68.3 Å². The second-order valence-corrected chi connectivity index (χ2v) is 7.29. The fourth-order valence-electron chi connectivity index (χ4n) is 3.46. The molecule has 1 atom stereocenters. The molecule has 1 saturated heterocycles. The first kappa shape index (κ1) is 16.6. The Hall–Kier alpha value is -1.21. The Bertz CT molecular complexity index is 596. The maximum absolute atomic E-state index is 9.37. The van der Waals surface area contributed by atoms with E-state index in [-0.39, 0.29) is 6.61 Å². The van der Waals surface area contributed by atoms with Crippen LogP contribution in [0.3, 0.4) is 0 Å². The van der Waals surface area contributed by atoms with Gasteiger partial charge >= 0.3 is 0 Å². The van der Waals surface area contributed by atoms with Crippen molar-refractivity contribution in [2.24, 2.45) is 0 Å². The van der Waals surface area contributed by atoms with Gasteiger partial charge in [0.15, 0.2) is 5.13 Å². The lowest BCUT2D eigenvalue weighted by Gasteiger charge is -2.43. The van der Waals surface area contributed by atoms with Crippen LogP contribution < -0.4 is 0 Å². The smallest absolute Gasteiger partial charge is 0.193 e. The van der Waals surface area contributed by atoms with Crippen LogP contribution in [0.1, 0.15) is 26.0 Å². The standard InChI is InChI=1S/C17H26N4OS/c1-14(2)20-9-8-19(13-16(20)5-10-22)12-15-4-3-7-21(15)17-18-6-11-23-17/h3-4,6-7,11,14,16,22H,5,8-10,12-13H2,1-2H3/t16-/m0/s1. The van der Waals surface area contributed by atoms with Crippen molar-refractivity contribution in [2.75, 3.05) is 26.2 Å². The van der Waals surface area contributed by atoms with Crippen LogP contribution in [0.2, 0.25) is 0 Å². The maximum atomic E-state index is 9.37. The van der Waals surface area contributed by atoms with Gasteiger partial charge in [-0.05, 0) is 32.4 Å². The van der Waals surface area contributed by atoms with Crippen molar-refractivity contribution in [3.05, 3.63) is 35.6 Å². The van der Waals surface area contributed by atoms with Gasteiger partial charge in [-0.25, -0.2) is 4.98 Å². The Morgan fingerprint density at radius 2 is 2.26 bits per heavy atom. The number of piperazine rings is 1. The molecule has 0 bridgehead atoms. The number of hydrogen-bond acceptors (Lipinski definition) is 5. The summed E-state index contributed by atoms with van der Waals surface area (Å²) in [6.07, 6.45) is 4.79. The molecule has 1 aliphatic rings. The molecule has 5 nitrogen and oxygen atoms in total. The highest BCUT2D eigenvalue weighted by Gasteiger charge is 2.28. The monoisotopic (exact) mass is 334 g/mol. The molecule has 6 heteroatoms. The van der Waals surface area contributed by atoms with E-state index in [1.54, 1.807) is 11.3 Å². The summed E-state index contributed by atoms with van der Waals surface area (Å²) in [6.45, 7) is 8.84. The van der Waals surface area contributed by atoms with E-state index in [1.165, 1.54) is 5.69 Å². The fraction of sp³-hybridized carbons (Fsp3) is 0.588. The second kappa shape index (κ2) is 7.57. The third-order valence-corrected chi connectivity index (χ3v) is 5.35. The molecule has 126 valence electrons. The van der Waals surface area contributed by atoms with E-state index in [2.05, 4.69) is 51.5 Å². The van der Waals surface area contributed by atoms with Crippen LogP contribution in [-0.4, -0.2) is 62.8 Å². The number of aliphatic hydroxyl groups excluding tert-OH is 1. The van der Waals surface area contributed by atoms with E-state index in [9.17, 15) is 5.11 Å². The van der Waals surface area contributed by atoms with Crippen molar-refractivity contribution in [2.45, 2.75) is 38.9 Å². The molecule has 2 aromatic rings. The lowest BCUT2D eigenvalue weighted by molar-refractivity contribution is 0.0342. The molecule has 0 aliphatic carbocycles. The minimum atomic E-state index is 0.261. The van der Waals surface area contributed by atoms with Gasteiger partial charge in [0.1, 0.15) is 0 Å². The Kier molecular flexibility index (Phi) is 5.48. The summed E-state index contributed by atoms with van der Waals surface area (Å²) in [5.74, 6) is 0. The van der Waals surface area contributed by atoms with Gasteiger partial charge in [-0.15, -0.1) is 11.3 Å². The molecular weight excluding hydrogens is 308 g/mol. The number of thiazole rings is 1. The summed E-state index contributed by atoms with van der Waals surface area (Å²) >= 11 is 1.66. The lowest BCUT2D eigenvalue weighted by Crippen LogP contribution is -2.55. The Morgan fingerprint density at radius 3 is 2.96 bits per heavy atom. The van der Waals surface area contributed by atoms with Crippen LogP contribution in [0.15, 0.2) is 29.9 Å². The van der Waals surface area contributed by atoms with E-state index < -0.39 is 0 Å². The molecule has 2 aromatic heterocycles. The number of aromatic nitrogens is 2. The van der Waals surface area contributed by atoms with Gasteiger partial charge in [0.25, 0.3) is 0 Å². The van der Waals surface area contributed by atoms with E-state index in [0.29, 0.717) is 12.1 Å². The van der Waals surface area contributed by atoms with Gasteiger partial charge in [0.05, 0.1) is 0 Å². The Labute approximate surface area is 142 Å².